The quantitative estimate of drug-likeness (QED) is 0.574. The van der Waals surface area contributed by atoms with Crippen LogP contribution in [0.2, 0.25) is 0 Å². The van der Waals surface area contributed by atoms with Gasteiger partial charge in [-0.2, -0.15) is 0 Å². The van der Waals surface area contributed by atoms with E-state index >= 15 is 0 Å². The van der Waals surface area contributed by atoms with Crippen molar-refractivity contribution in [2.75, 3.05) is 5.73 Å². The molecule has 3 N–H and O–H groups in total. The van der Waals surface area contributed by atoms with Crippen LogP contribution < -0.4 is 5.73 Å². The first-order chi connectivity index (χ1) is 7.59. The van der Waals surface area contributed by atoms with Gasteiger partial charge in [0, 0.05) is 0 Å². The van der Waals surface area contributed by atoms with Crippen LogP contribution in [0.5, 0.6) is 5.75 Å². The Labute approximate surface area is 91.0 Å². The fraction of sp³-hybridized carbons (Fsp3) is 0. The van der Waals surface area contributed by atoms with E-state index < -0.39 is 11.6 Å². The molecule has 2 aromatic rings. The Bertz CT molecular complexity index is 520. The first-order valence-corrected chi connectivity index (χ1v) is 4.62. The van der Waals surface area contributed by atoms with E-state index in [1.165, 1.54) is 24.3 Å². The molecule has 0 saturated heterocycles. The van der Waals surface area contributed by atoms with Crippen LogP contribution in [-0.2, 0) is 0 Å². The van der Waals surface area contributed by atoms with Crippen LogP contribution in [0.1, 0.15) is 0 Å². The van der Waals surface area contributed by atoms with E-state index in [2.05, 4.69) is 0 Å². The second kappa shape index (κ2) is 3.81. The van der Waals surface area contributed by atoms with Gasteiger partial charge in [0.1, 0.15) is 17.4 Å². The number of hydrogen-bond acceptors (Lipinski definition) is 2. The highest BCUT2D eigenvalue weighted by Crippen LogP contribution is 2.31. The van der Waals surface area contributed by atoms with Crippen molar-refractivity contribution in [2.24, 2.45) is 0 Å². The summed E-state index contributed by atoms with van der Waals surface area (Å²) < 4.78 is 26.8. The summed E-state index contributed by atoms with van der Waals surface area (Å²) in [5.74, 6) is -1.55. The van der Waals surface area contributed by atoms with Gasteiger partial charge < -0.3 is 10.8 Å². The van der Waals surface area contributed by atoms with Gasteiger partial charge in [0.05, 0.1) is 11.3 Å². The highest BCUT2D eigenvalue weighted by molar-refractivity contribution is 5.70. The molecule has 2 nitrogen and oxygen atoms in total. The van der Waals surface area contributed by atoms with Crippen molar-refractivity contribution < 1.29 is 13.9 Å². The minimum atomic E-state index is -0.677. The lowest BCUT2D eigenvalue weighted by Gasteiger charge is -2.06. The average Bonchev–Trinajstić information content (AvgIpc) is 2.23. The van der Waals surface area contributed by atoms with Crippen LogP contribution in [0.3, 0.4) is 0 Å². The summed E-state index contributed by atoms with van der Waals surface area (Å²) in [6, 6.07) is 7.69. The van der Waals surface area contributed by atoms with Crippen LogP contribution in [0.15, 0.2) is 36.4 Å². The SMILES string of the molecule is Nc1ccc(-c2c(F)cccc2F)cc1O. The van der Waals surface area contributed by atoms with Crippen molar-refractivity contribution >= 4 is 5.69 Å². The molecule has 0 fully saturated rings. The summed E-state index contributed by atoms with van der Waals surface area (Å²) in [6.45, 7) is 0. The zero-order valence-electron chi connectivity index (χ0n) is 8.24. The number of halogens is 2. The summed E-state index contributed by atoms with van der Waals surface area (Å²) in [7, 11) is 0. The van der Waals surface area contributed by atoms with E-state index in [0.29, 0.717) is 0 Å². The Hall–Kier alpha value is -2.10. The largest absolute Gasteiger partial charge is 0.506 e. The summed E-state index contributed by atoms with van der Waals surface area (Å²) in [6.07, 6.45) is 0. The third-order valence-electron chi connectivity index (χ3n) is 2.28. The van der Waals surface area contributed by atoms with Crippen LogP contribution in [0.4, 0.5) is 14.5 Å². The van der Waals surface area contributed by atoms with Crippen molar-refractivity contribution in [3.8, 4) is 16.9 Å². The molecule has 0 heterocycles. The number of hydrogen-bond donors (Lipinski definition) is 2. The number of phenols is 1. The van der Waals surface area contributed by atoms with Gasteiger partial charge in [0.25, 0.3) is 0 Å². The third kappa shape index (κ3) is 1.69. The molecule has 2 aromatic carbocycles. The van der Waals surface area contributed by atoms with E-state index in [1.54, 1.807) is 0 Å². The first kappa shape index (κ1) is 10.4. The van der Waals surface area contributed by atoms with Crippen molar-refractivity contribution in [1.82, 2.24) is 0 Å². The second-order valence-corrected chi connectivity index (χ2v) is 3.37. The molecule has 0 aliphatic heterocycles. The molecule has 0 aromatic heterocycles. The molecule has 0 aliphatic carbocycles. The first-order valence-electron chi connectivity index (χ1n) is 4.62. The molecule has 4 heteroatoms. The molecule has 0 bridgehead atoms. The van der Waals surface area contributed by atoms with Gasteiger partial charge in [-0.15, -0.1) is 0 Å². The summed E-state index contributed by atoms with van der Waals surface area (Å²) in [5, 5.41) is 9.37. The second-order valence-electron chi connectivity index (χ2n) is 3.37. The van der Waals surface area contributed by atoms with Crippen LogP contribution in [0.25, 0.3) is 11.1 Å². The number of phenolic OH excluding ortho intramolecular Hbond substituents is 1. The van der Waals surface area contributed by atoms with Crippen molar-refractivity contribution in [3.63, 3.8) is 0 Å². The normalized spacial score (nSPS) is 10.4. The number of benzene rings is 2. The number of nitrogen functional groups attached to an aromatic ring is 1. The molecule has 16 heavy (non-hydrogen) atoms. The van der Waals surface area contributed by atoms with Gasteiger partial charge in [-0.1, -0.05) is 12.1 Å². The predicted octanol–water partition coefficient (Wildman–Crippen LogP) is 2.92. The highest BCUT2D eigenvalue weighted by atomic mass is 19.1. The maximum atomic E-state index is 13.4. The maximum absolute atomic E-state index is 13.4. The fourth-order valence-corrected chi connectivity index (χ4v) is 1.47. The number of anilines is 1. The van der Waals surface area contributed by atoms with Crippen LogP contribution in [0, 0.1) is 11.6 Å². The molecule has 2 rings (SSSR count). The fourth-order valence-electron chi connectivity index (χ4n) is 1.47. The van der Waals surface area contributed by atoms with E-state index in [4.69, 9.17) is 5.73 Å². The highest BCUT2D eigenvalue weighted by Gasteiger charge is 2.11. The molecular formula is C12H9F2NO. The standard InChI is InChI=1S/C12H9F2NO/c13-8-2-1-3-9(14)12(8)7-4-5-10(15)11(16)6-7/h1-6,16H,15H2. The van der Waals surface area contributed by atoms with E-state index in [9.17, 15) is 13.9 Å². The van der Waals surface area contributed by atoms with Crippen LogP contribution >= 0.6 is 0 Å². The lowest BCUT2D eigenvalue weighted by atomic mass is 10.0. The average molecular weight is 221 g/mol. The predicted molar refractivity (Wildman–Crippen MR) is 57.9 cm³/mol. The summed E-state index contributed by atoms with van der Waals surface area (Å²) in [4.78, 5) is 0. The Morgan fingerprint density at radius 2 is 1.62 bits per heavy atom. The molecule has 0 spiro atoms. The molecular weight excluding hydrogens is 212 g/mol. The molecule has 0 amide bonds. The van der Waals surface area contributed by atoms with Gasteiger partial charge in [-0.3, -0.25) is 0 Å². The number of nitrogens with two attached hydrogens (primary N) is 1. The maximum Gasteiger partial charge on any atom is 0.139 e. The smallest absolute Gasteiger partial charge is 0.139 e. The zero-order valence-corrected chi connectivity index (χ0v) is 8.24. The Kier molecular flexibility index (Phi) is 2.48. The zero-order chi connectivity index (χ0) is 11.7. The Morgan fingerprint density at radius 3 is 2.19 bits per heavy atom. The topological polar surface area (TPSA) is 46.2 Å². The van der Waals surface area contributed by atoms with Crippen molar-refractivity contribution in [2.45, 2.75) is 0 Å². The molecule has 0 saturated carbocycles. The molecule has 0 aliphatic rings. The molecule has 0 unspecified atom stereocenters. The van der Waals surface area contributed by atoms with E-state index in [-0.39, 0.29) is 22.6 Å². The van der Waals surface area contributed by atoms with Gasteiger partial charge in [0.2, 0.25) is 0 Å². The lowest BCUT2D eigenvalue weighted by molar-refractivity contribution is 0.478. The molecule has 0 radical (unpaired) electrons. The van der Waals surface area contributed by atoms with Crippen molar-refractivity contribution in [3.05, 3.63) is 48.0 Å². The van der Waals surface area contributed by atoms with Gasteiger partial charge in [-0.05, 0) is 29.8 Å². The van der Waals surface area contributed by atoms with E-state index in [1.807, 2.05) is 0 Å². The summed E-state index contributed by atoms with van der Waals surface area (Å²) >= 11 is 0. The van der Waals surface area contributed by atoms with Crippen LogP contribution in [-0.4, -0.2) is 5.11 Å². The van der Waals surface area contributed by atoms with Crippen molar-refractivity contribution in [1.29, 1.82) is 0 Å². The van der Waals surface area contributed by atoms with Gasteiger partial charge in [0.15, 0.2) is 0 Å². The monoisotopic (exact) mass is 221 g/mol. The summed E-state index contributed by atoms with van der Waals surface area (Å²) in [5.41, 5.74) is 5.66. The lowest BCUT2D eigenvalue weighted by Crippen LogP contribution is -1.91. The molecule has 0 atom stereocenters. The number of aromatic hydroxyl groups is 1. The Morgan fingerprint density at radius 1 is 1.00 bits per heavy atom. The third-order valence-corrected chi connectivity index (χ3v) is 2.28. The minimum absolute atomic E-state index is 0.167. The minimum Gasteiger partial charge on any atom is -0.506 e. The number of rotatable bonds is 1. The Balaban J connectivity index is 2.63. The molecule has 82 valence electrons. The van der Waals surface area contributed by atoms with Gasteiger partial charge in [-0.25, -0.2) is 8.78 Å². The van der Waals surface area contributed by atoms with Gasteiger partial charge >= 0.3 is 0 Å². The van der Waals surface area contributed by atoms with E-state index in [0.717, 1.165) is 12.1 Å².